The third kappa shape index (κ3) is 5.58. The number of aliphatic hydroxyl groups excluding tert-OH is 1. The highest BCUT2D eigenvalue weighted by molar-refractivity contribution is 7.99. The van der Waals surface area contributed by atoms with E-state index in [1.54, 1.807) is 0 Å². The van der Waals surface area contributed by atoms with Gasteiger partial charge in [-0.25, -0.2) is 0 Å². The van der Waals surface area contributed by atoms with Gasteiger partial charge >= 0.3 is 0 Å². The highest BCUT2D eigenvalue weighted by Gasteiger charge is 2.12. The minimum atomic E-state index is -0.105. The first-order chi connectivity index (χ1) is 6.29. The zero-order valence-electron chi connectivity index (χ0n) is 8.67. The summed E-state index contributed by atoms with van der Waals surface area (Å²) in [5.41, 5.74) is 0. The summed E-state index contributed by atoms with van der Waals surface area (Å²) in [6.07, 6.45) is 9.23. The molecule has 0 heterocycles. The molecule has 1 aliphatic carbocycles. The average Bonchev–Trinajstić information content (AvgIpc) is 2.14. The molecule has 13 heavy (non-hydrogen) atoms. The Bertz CT molecular complexity index is 119. The Kier molecular flexibility index (Phi) is 5.88. The smallest absolute Gasteiger partial charge is 0.0512 e. The third-order valence-corrected chi connectivity index (χ3v) is 4.14. The first kappa shape index (κ1) is 11.4. The van der Waals surface area contributed by atoms with Crippen molar-refractivity contribution in [1.82, 2.24) is 0 Å². The molecule has 1 rings (SSSR count). The summed E-state index contributed by atoms with van der Waals surface area (Å²) in [6, 6.07) is 0. The van der Waals surface area contributed by atoms with Crippen LogP contribution in [0.5, 0.6) is 0 Å². The molecule has 1 aliphatic rings. The van der Waals surface area contributed by atoms with Crippen LogP contribution in [-0.2, 0) is 0 Å². The normalized spacial score (nSPS) is 21.7. The van der Waals surface area contributed by atoms with Crippen LogP contribution >= 0.6 is 11.8 Å². The van der Waals surface area contributed by atoms with Gasteiger partial charge in [-0.3, -0.25) is 0 Å². The highest BCUT2D eigenvalue weighted by atomic mass is 32.2. The Morgan fingerprint density at radius 1 is 1.31 bits per heavy atom. The Balaban J connectivity index is 1.92. The van der Waals surface area contributed by atoms with Gasteiger partial charge in [-0.2, -0.15) is 11.8 Å². The van der Waals surface area contributed by atoms with Crippen molar-refractivity contribution in [3.8, 4) is 0 Å². The lowest BCUT2D eigenvalue weighted by molar-refractivity contribution is 0.184. The van der Waals surface area contributed by atoms with E-state index in [1.807, 2.05) is 6.92 Å². The molecule has 1 fully saturated rings. The van der Waals surface area contributed by atoms with Crippen LogP contribution in [0.3, 0.4) is 0 Å². The van der Waals surface area contributed by atoms with E-state index < -0.39 is 0 Å². The van der Waals surface area contributed by atoms with E-state index >= 15 is 0 Å². The zero-order valence-corrected chi connectivity index (χ0v) is 9.48. The average molecular weight is 202 g/mol. The van der Waals surface area contributed by atoms with Crippen LogP contribution in [0.25, 0.3) is 0 Å². The Labute approximate surface area is 86.3 Å². The first-order valence-electron chi connectivity index (χ1n) is 5.58. The number of hydrogen-bond donors (Lipinski definition) is 1. The fraction of sp³-hybridized carbons (Fsp3) is 1.00. The summed E-state index contributed by atoms with van der Waals surface area (Å²) in [6.45, 7) is 1.88. The van der Waals surface area contributed by atoms with Crippen LogP contribution in [0, 0.1) is 0 Å². The summed E-state index contributed by atoms with van der Waals surface area (Å²) < 4.78 is 0. The molecule has 0 aliphatic heterocycles. The van der Waals surface area contributed by atoms with Crippen molar-refractivity contribution < 1.29 is 5.11 Å². The van der Waals surface area contributed by atoms with E-state index in [1.165, 1.54) is 44.3 Å². The van der Waals surface area contributed by atoms with E-state index in [0.29, 0.717) is 0 Å². The molecule has 1 saturated carbocycles. The van der Waals surface area contributed by atoms with E-state index in [4.69, 9.17) is 5.11 Å². The molecule has 78 valence electrons. The number of hydrogen-bond acceptors (Lipinski definition) is 2. The fourth-order valence-electron chi connectivity index (χ4n) is 1.86. The van der Waals surface area contributed by atoms with E-state index in [9.17, 15) is 0 Å². The number of rotatable bonds is 5. The van der Waals surface area contributed by atoms with E-state index in [-0.39, 0.29) is 6.10 Å². The molecule has 0 amide bonds. The monoisotopic (exact) mass is 202 g/mol. The second-order valence-electron chi connectivity index (χ2n) is 4.12. The van der Waals surface area contributed by atoms with Crippen molar-refractivity contribution in [3.05, 3.63) is 0 Å². The van der Waals surface area contributed by atoms with E-state index in [0.717, 1.165) is 11.7 Å². The van der Waals surface area contributed by atoms with E-state index in [2.05, 4.69) is 11.8 Å². The first-order valence-corrected chi connectivity index (χ1v) is 6.63. The molecule has 0 aromatic carbocycles. The highest BCUT2D eigenvalue weighted by Crippen LogP contribution is 2.28. The summed E-state index contributed by atoms with van der Waals surface area (Å²) in [7, 11) is 0. The standard InChI is InChI=1S/C11H22OS/c1-10(12)6-5-9-13-11-7-3-2-4-8-11/h10-12H,2-9H2,1H3. The molecule has 0 aromatic rings. The molecule has 1 unspecified atom stereocenters. The second-order valence-corrected chi connectivity index (χ2v) is 5.53. The van der Waals surface area contributed by atoms with Gasteiger partial charge in [0, 0.05) is 5.25 Å². The maximum Gasteiger partial charge on any atom is 0.0512 e. The van der Waals surface area contributed by atoms with Gasteiger partial charge in [0.05, 0.1) is 6.10 Å². The lowest BCUT2D eigenvalue weighted by Gasteiger charge is -2.20. The maximum atomic E-state index is 9.08. The summed E-state index contributed by atoms with van der Waals surface area (Å²) in [5.74, 6) is 1.25. The molecule has 0 radical (unpaired) electrons. The quantitative estimate of drug-likeness (QED) is 0.691. The topological polar surface area (TPSA) is 20.2 Å². The van der Waals surface area contributed by atoms with Gasteiger partial charge in [-0.1, -0.05) is 19.3 Å². The lowest BCUT2D eigenvalue weighted by Crippen LogP contribution is -2.09. The van der Waals surface area contributed by atoms with Crippen molar-refractivity contribution in [3.63, 3.8) is 0 Å². The van der Waals surface area contributed by atoms with Gasteiger partial charge in [-0.15, -0.1) is 0 Å². The molecule has 1 nitrogen and oxygen atoms in total. The van der Waals surface area contributed by atoms with Gasteiger partial charge in [0.1, 0.15) is 0 Å². The Morgan fingerprint density at radius 3 is 2.62 bits per heavy atom. The predicted octanol–water partition coefficient (Wildman–Crippen LogP) is 3.21. The van der Waals surface area contributed by atoms with Crippen molar-refractivity contribution in [1.29, 1.82) is 0 Å². The molecular weight excluding hydrogens is 180 g/mol. The number of thioether (sulfide) groups is 1. The molecular formula is C11H22OS. The van der Waals surface area contributed by atoms with Gasteiger partial charge in [0.2, 0.25) is 0 Å². The molecule has 1 atom stereocenters. The van der Waals surface area contributed by atoms with Crippen LogP contribution in [0.4, 0.5) is 0 Å². The minimum Gasteiger partial charge on any atom is -0.393 e. The van der Waals surface area contributed by atoms with Crippen molar-refractivity contribution in [2.24, 2.45) is 0 Å². The second kappa shape index (κ2) is 6.72. The van der Waals surface area contributed by atoms with Gasteiger partial charge in [0.15, 0.2) is 0 Å². The van der Waals surface area contributed by atoms with Crippen molar-refractivity contribution in [2.75, 3.05) is 5.75 Å². The van der Waals surface area contributed by atoms with Crippen LogP contribution in [-0.4, -0.2) is 22.2 Å². The Hall–Kier alpha value is 0.310. The van der Waals surface area contributed by atoms with Crippen molar-refractivity contribution in [2.45, 2.75) is 63.2 Å². The third-order valence-electron chi connectivity index (χ3n) is 2.67. The number of aliphatic hydroxyl groups is 1. The van der Waals surface area contributed by atoms with Crippen LogP contribution in [0.1, 0.15) is 51.9 Å². The zero-order chi connectivity index (χ0) is 9.52. The largest absolute Gasteiger partial charge is 0.393 e. The molecule has 2 heteroatoms. The van der Waals surface area contributed by atoms with Crippen LogP contribution in [0.15, 0.2) is 0 Å². The molecule has 0 aromatic heterocycles. The molecule has 0 bridgehead atoms. The maximum absolute atomic E-state index is 9.08. The van der Waals surface area contributed by atoms with Gasteiger partial charge in [0.25, 0.3) is 0 Å². The molecule has 0 spiro atoms. The van der Waals surface area contributed by atoms with Gasteiger partial charge in [-0.05, 0) is 38.4 Å². The molecule has 1 N–H and O–H groups in total. The van der Waals surface area contributed by atoms with Crippen LogP contribution < -0.4 is 0 Å². The minimum absolute atomic E-state index is 0.105. The molecule has 0 saturated heterocycles. The predicted molar refractivity (Wildman–Crippen MR) is 60.2 cm³/mol. The summed E-state index contributed by atoms with van der Waals surface area (Å²) in [5, 5.41) is 10.0. The summed E-state index contributed by atoms with van der Waals surface area (Å²) >= 11 is 2.13. The summed E-state index contributed by atoms with van der Waals surface area (Å²) in [4.78, 5) is 0. The fourth-order valence-corrected chi connectivity index (χ4v) is 3.19. The SMILES string of the molecule is CC(O)CCCSC1CCCCC1. The van der Waals surface area contributed by atoms with Gasteiger partial charge < -0.3 is 5.11 Å². The Morgan fingerprint density at radius 2 is 2.00 bits per heavy atom. The van der Waals surface area contributed by atoms with Crippen LogP contribution in [0.2, 0.25) is 0 Å². The van der Waals surface area contributed by atoms with Crippen molar-refractivity contribution >= 4 is 11.8 Å². The lowest BCUT2D eigenvalue weighted by atomic mass is 10.0.